The van der Waals surface area contributed by atoms with Gasteiger partial charge in [-0.05, 0) is 49.6 Å². The Morgan fingerprint density at radius 3 is 2.56 bits per heavy atom. The van der Waals surface area contributed by atoms with E-state index in [1.807, 2.05) is 26.0 Å². The van der Waals surface area contributed by atoms with Gasteiger partial charge in [-0.3, -0.25) is 5.32 Å². The van der Waals surface area contributed by atoms with E-state index < -0.39 is 12.2 Å². The van der Waals surface area contributed by atoms with Crippen LogP contribution in [-0.4, -0.2) is 22.9 Å². The molecule has 3 N–H and O–H groups in total. The van der Waals surface area contributed by atoms with Crippen LogP contribution in [0.15, 0.2) is 46.9 Å². The Bertz CT molecular complexity index is 718. The number of benzene rings is 2. The fraction of sp³-hybridized carbons (Fsp3) is 0.316. The summed E-state index contributed by atoms with van der Waals surface area (Å²) in [6.45, 7) is 3.79. The van der Waals surface area contributed by atoms with E-state index in [-0.39, 0.29) is 18.3 Å². The highest BCUT2D eigenvalue weighted by Crippen LogP contribution is 2.36. The van der Waals surface area contributed by atoms with Crippen LogP contribution in [0.2, 0.25) is 0 Å². The Hall–Kier alpha value is -2.05. The second-order valence-electron chi connectivity index (χ2n) is 6.01. The molecule has 0 aliphatic carbocycles. The number of aliphatic hydroxyl groups is 1. The number of hydrogen-bond acceptors (Lipinski definition) is 4. The van der Waals surface area contributed by atoms with E-state index in [2.05, 4.69) is 21.2 Å². The molecular formula is C19H22BrNO4. The van der Waals surface area contributed by atoms with Gasteiger partial charge in [0.2, 0.25) is 0 Å². The lowest BCUT2D eigenvalue weighted by molar-refractivity contribution is 0.0652. The number of rotatable bonds is 6. The van der Waals surface area contributed by atoms with E-state index in [0.717, 1.165) is 10.0 Å². The molecule has 0 spiro atoms. The third-order valence-electron chi connectivity index (χ3n) is 3.93. The Balaban J connectivity index is 2.19. The van der Waals surface area contributed by atoms with Gasteiger partial charge in [-0.1, -0.05) is 40.5 Å². The topological polar surface area (TPSA) is 78.8 Å². The largest absolute Gasteiger partial charge is 0.508 e. The first kappa shape index (κ1) is 19.3. The number of carbonyl (C=O) groups is 1. The minimum Gasteiger partial charge on any atom is -0.508 e. The molecule has 0 aliphatic rings. The number of aliphatic hydroxyl groups excluding tert-OH is 1. The van der Waals surface area contributed by atoms with Gasteiger partial charge in [0, 0.05) is 22.3 Å². The van der Waals surface area contributed by atoms with Crippen LogP contribution in [0.3, 0.4) is 0 Å². The number of phenolic OH excluding ortho intramolecular Hbond substituents is 1. The average molecular weight is 408 g/mol. The van der Waals surface area contributed by atoms with Crippen molar-refractivity contribution in [3.8, 4) is 5.75 Å². The van der Waals surface area contributed by atoms with Crippen LogP contribution < -0.4 is 5.32 Å². The van der Waals surface area contributed by atoms with Gasteiger partial charge in [0.1, 0.15) is 11.9 Å². The van der Waals surface area contributed by atoms with Crippen LogP contribution in [0.1, 0.15) is 30.6 Å². The molecule has 2 rings (SSSR count). The van der Waals surface area contributed by atoms with E-state index in [0.29, 0.717) is 17.7 Å². The number of hydrogen-bond donors (Lipinski definition) is 3. The first-order valence-electron chi connectivity index (χ1n) is 8.04. The van der Waals surface area contributed by atoms with E-state index in [4.69, 9.17) is 4.74 Å². The minimum absolute atomic E-state index is 0.0324. The molecule has 0 heterocycles. The van der Waals surface area contributed by atoms with Gasteiger partial charge in [-0.25, -0.2) is 4.79 Å². The number of carbonyl (C=O) groups excluding carboxylic acids is 1. The molecule has 0 aliphatic heterocycles. The van der Waals surface area contributed by atoms with Crippen molar-refractivity contribution in [3.63, 3.8) is 0 Å². The second kappa shape index (κ2) is 8.87. The van der Waals surface area contributed by atoms with E-state index in [9.17, 15) is 15.0 Å². The maximum absolute atomic E-state index is 12.3. The predicted molar refractivity (Wildman–Crippen MR) is 101 cm³/mol. The molecule has 2 aromatic rings. The first-order valence-corrected chi connectivity index (χ1v) is 8.83. The van der Waals surface area contributed by atoms with Crippen molar-refractivity contribution in [1.82, 2.24) is 0 Å². The van der Waals surface area contributed by atoms with E-state index in [1.165, 1.54) is 0 Å². The minimum atomic E-state index is -0.685. The predicted octanol–water partition coefficient (Wildman–Crippen LogP) is 4.77. The summed E-state index contributed by atoms with van der Waals surface area (Å²) in [4.78, 5) is 12.3. The third-order valence-corrected chi connectivity index (χ3v) is 4.42. The molecule has 0 bridgehead atoms. The molecule has 0 fully saturated rings. The van der Waals surface area contributed by atoms with Gasteiger partial charge in [0.15, 0.2) is 0 Å². The highest BCUT2D eigenvalue weighted by Gasteiger charge is 2.26. The normalized spacial score (nSPS) is 13.1. The summed E-state index contributed by atoms with van der Waals surface area (Å²) in [7, 11) is 0. The highest BCUT2D eigenvalue weighted by molar-refractivity contribution is 9.10. The molecule has 0 saturated heterocycles. The zero-order valence-electron chi connectivity index (χ0n) is 14.2. The lowest BCUT2D eigenvalue weighted by Gasteiger charge is -2.25. The van der Waals surface area contributed by atoms with Gasteiger partial charge in [0.25, 0.3) is 0 Å². The molecular weight excluding hydrogens is 386 g/mol. The lowest BCUT2D eigenvalue weighted by Crippen LogP contribution is -2.22. The maximum atomic E-state index is 12.3. The van der Waals surface area contributed by atoms with Crippen LogP contribution in [0, 0.1) is 12.8 Å². The zero-order valence-corrected chi connectivity index (χ0v) is 15.8. The van der Waals surface area contributed by atoms with Crippen molar-refractivity contribution in [2.45, 2.75) is 26.4 Å². The van der Waals surface area contributed by atoms with Crippen molar-refractivity contribution >= 4 is 27.7 Å². The molecule has 2 aromatic carbocycles. The van der Waals surface area contributed by atoms with Crippen molar-refractivity contribution in [2.75, 3.05) is 11.9 Å². The summed E-state index contributed by atoms with van der Waals surface area (Å²) >= 11 is 3.36. The smallest absolute Gasteiger partial charge is 0.412 e. The number of halogens is 1. The Morgan fingerprint density at radius 1 is 1.24 bits per heavy atom. The molecule has 2 atom stereocenters. The number of nitrogens with one attached hydrogen (secondary N) is 1. The van der Waals surface area contributed by atoms with Gasteiger partial charge in [-0.2, -0.15) is 0 Å². The fourth-order valence-electron chi connectivity index (χ4n) is 2.49. The standard InChI is InChI=1S/C19H22BrNO4/c1-12-3-6-15(7-4-12)21-19(24)25-18(13(2)9-10-22)16-11-14(20)5-8-17(16)23/h3-8,11,13,18,22-23H,9-10H2,1-2H3,(H,21,24)/t13-,18-/m0/s1. The summed E-state index contributed by atoms with van der Waals surface area (Å²) in [5, 5.41) is 22.1. The fourth-order valence-corrected chi connectivity index (χ4v) is 2.87. The van der Waals surface area contributed by atoms with Crippen molar-refractivity contribution in [1.29, 1.82) is 0 Å². The zero-order chi connectivity index (χ0) is 18.4. The number of anilines is 1. The summed E-state index contributed by atoms with van der Waals surface area (Å²) in [6, 6.07) is 12.3. The van der Waals surface area contributed by atoms with Crippen LogP contribution in [-0.2, 0) is 4.74 Å². The van der Waals surface area contributed by atoms with E-state index >= 15 is 0 Å². The maximum Gasteiger partial charge on any atom is 0.412 e. The summed E-state index contributed by atoms with van der Waals surface area (Å²) in [5.41, 5.74) is 2.21. The van der Waals surface area contributed by atoms with Crippen molar-refractivity contribution in [2.24, 2.45) is 5.92 Å². The molecule has 5 nitrogen and oxygen atoms in total. The monoisotopic (exact) mass is 407 g/mol. The Labute approximate surface area is 155 Å². The van der Waals surface area contributed by atoms with Crippen LogP contribution in [0.4, 0.5) is 10.5 Å². The first-order chi connectivity index (χ1) is 11.9. The molecule has 6 heteroatoms. The number of ether oxygens (including phenoxy) is 1. The SMILES string of the molecule is Cc1ccc(NC(=O)O[C@H](c2cc(Br)ccc2O)[C@@H](C)CCO)cc1. The van der Waals surface area contributed by atoms with Crippen molar-refractivity contribution in [3.05, 3.63) is 58.1 Å². The summed E-state index contributed by atoms with van der Waals surface area (Å²) < 4.78 is 6.35. The van der Waals surface area contributed by atoms with Crippen LogP contribution in [0.25, 0.3) is 0 Å². The second-order valence-corrected chi connectivity index (χ2v) is 6.93. The van der Waals surface area contributed by atoms with Crippen LogP contribution >= 0.6 is 15.9 Å². The van der Waals surface area contributed by atoms with Gasteiger partial charge in [0.05, 0.1) is 0 Å². The summed E-state index contributed by atoms with van der Waals surface area (Å²) in [5.74, 6) is -0.130. The van der Waals surface area contributed by atoms with Crippen LogP contribution in [0.5, 0.6) is 5.75 Å². The van der Waals surface area contributed by atoms with E-state index in [1.54, 1.807) is 30.3 Å². The Kier molecular flexibility index (Phi) is 6.84. The molecule has 134 valence electrons. The third kappa shape index (κ3) is 5.47. The highest BCUT2D eigenvalue weighted by atomic mass is 79.9. The van der Waals surface area contributed by atoms with Gasteiger partial charge >= 0.3 is 6.09 Å². The number of amides is 1. The quantitative estimate of drug-likeness (QED) is 0.643. The molecule has 0 aromatic heterocycles. The molecule has 25 heavy (non-hydrogen) atoms. The number of phenols is 1. The lowest BCUT2D eigenvalue weighted by atomic mass is 9.94. The molecule has 0 saturated carbocycles. The van der Waals surface area contributed by atoms with Gasteiger partial charge in [-0.15, -0.1) is 0 Å². The number of aromatic hydroxyl groups is 1. The summed E-state index contributed by atoms with van der Waals surface area (Å²) in [6.07, 6.45) is -0.859. The average Bonchev–Trinajstić information content (AvgIpc) is 2.57. The number of aryl methyl sites for hydroxylation is 1. The van der Waals surface area contributed by atoms with Crippen molar-refractivity contribution < 1.29 is 19.7 Å². The molecule has 0 radical (unpaired) electrons. The molecule has 1 amide bonds. The molecule has 0 unspecified atom stereocenters. The van der Waals surface area contributed by atoms with Gasteiger partial charge < -0.3 is 14.9 Å². The Morgan fingerprint density at radius 2 is 1.92 bits per heavy atom.